The third-order valence-corrected chi connectivity index (χ3v) is 4.98. The fourth-order valence-electron chi connectivity index (χ4n) is 3.50. The van der Waals surface area contributed by atoms with E-state index in [0.717, 1.165) is 24.3 Å². The third-order valence-electron chi connectivity index (χ3n) is 4.98. The average Bonchev–Trinajstić information content (AvgIpc) is 2.70. The molecule has 4 nitrogen and oxygen atoms in total. The highest BCUT2D eigenvalue weighted by Gasteiger charge is 2.13. The van der Waals surface area contributed by atoms with Crippen LogP contribution in [0.15, 0.2) is 64.0 Å². The van der Waals surface area contributed by atoms with Crippen molar-refractivity contribution in [1.82, 2.24) is 5.32 Å². The van der Waals surface area contributed by atoms with Gasteiger partial charge in [0.1, 0.15) is 17.6 Å². The Hall–Kier alpha value is -2.59. The van der Waals surface area contributed by atoms with Gasteiger partial charge in [-0.05, 0) is 43.5 Å². The Morgan fingerprint density at radius 1 is 1.12 bits per heavy atom. The van der Waals surface area contributed by atoms with Crippen LogP contribution in [0, 0.1) is 0 Å². The zero-order valence-corrected chi connectivity index (χ0v) is 14.7. The van der Waals surface area contributed by atoms with Crippen LogP contribution < -0.4 is 15.5 Å². The molecular weight excluding hydrogens is 326 g/mol. The molecule has 0 bridgehead atoms. The molecule has 0 spiro atoms. The predicted octanol–water partition coefficient (Wildman–Crippen LogP) is 4.37. The number of hydrogen-bond donors (Lipinski definition) is 1. The van der Waals surface area contributed by atoms with E-state index in [9.17, 15) is 4.79 Å². The van der Waals surface area contributed by atoms with Gasteiger partial charge in [0.05, 0.1) is 17.6 Å². The molecule has 1 aromatic heterocycles. The molecular formula is C22H23NO3. The number of fused-ring (bicyclic) bond motifs is 1. The van der Waals surface area contributed by atoms with Crippen LogP contribution in [0.4, 0.5) is 0 Å². The van der Waals surface area contributed by atoms with Crippen LogP contribution in [-0.2, 0) is 0 Å². The minimum Gasteiger partial charge on any atom is -0.493 e. The number of nitrogens with one attached hydrogen (secondary N) is 1. The lowest BCUT2D eigenvalue weighted by Gasteiger charge is -2.23. The van der Waals surface area contributed by atoms with Gasteiger partial charge in [-0.15, -0.1) is 0 Å². The molecule has 134 valence electrons. The van der Waals surface area contributed by atoms with E-state index in [1.165, 1.54) is 25.5 Å². The van der Waals surface area contributed by atoms with Crippen molar-refractivity contribution in [2.24, 2.45) is 0 Å². The van der Waals surface area contributed by atoms with Crippen molar-refractivity contribution in [2.75, 3.05) is 13.2 Å². The van der Waals surface area contributed by atoms with Crippen molar-refractivity contribution in [1.29, 1.82) is 0 Å². The molecule has 1 unspecified atom stereocenters. The topological polar surface area (TPSA) is 51.5 Å². The van der Waals surface area contributed by atoms with Gasteiger partial charge in [0, 0.05) is 12.1 Å². The van der Waals surface area contributed by atoms with Crippen LogP contribution >= 0.6 is 0 Å². The largest absolute Gasteiger partial charge is 0.493 e. The highest BCUT2D eigenvalue weighted by Crippen LogP contribution is 2.23. The van der Waals surface area contributed by atoms with E-state index in [4.69, 9.17) is 9.15 Å². The van der Waals surface area contributed by atoms with E-state index < -0.39 is 0 Å². The molecule has 0 radical (unpaired) electrons. The van der Waals surface area contributed by atoms with Crippen molar-refractivity contribution in [3.8, 4) is 16.9 Å². The van der Waals surface area contributed by atoms with Crippen LogP contribution in [0.2, 0.25) is 0 Å². The Labute approximate surface area is 152 Å². The Bertz CT molecular complexity index is 927. The van der Waals surface area contributed by atoms with Gasteiger partial charge >= 0.3 is 0 Å². The number of rotatable bonds is 5. The smallest absolute Gasteiger partial charge is 0.200 e. The zero-order chi connectivity index (χ0) is 17.8. The molecule has 4 rings (SSSR count). The van der Waals surface area contributed by atoms with Gasteiger partial charge in [-0.25, -0.2) is 0 Å². The highest BCUT2D eigenvalue weighted by atomic mass is 16.5. The number of piperidine rings is 1. The quantitative estimate of drug-likeness (QED) is 0.743. The Balaban J connectivity index is 1.50. The second-order valence-corrected chi connectivity index (χ2v) is 6.79. The molecule has 2 aromatic carbocycles. The van der Waals surface area contributed by atoms with E-state index >= 15 is 0 Å². The number of benzene rings is 2. The maximum absolute atomic E-state index is 12.8. The van der Waals surface area contributed by atoms with Crippen LogP contribution in [-0.4, -0.2) is 19.2 Å². The fourth-order valence-corrected chi connectivity index (χ4v) is 3.50. The fraction of sp³-hybridized carbons (Fsp3) is 0.318. The van der Waals surface area contributed by atoms with Gasteiger partial charge in [-0.2, -0.15) is 0 Å². The number of ether oxygens (including phenoxy) is 1. The van der Waals surface area contributed by atoms with Gasteiger partial charge in [0.15, 0.2) is 5.43 Å². The maximum Gasteiger partial charge on any atom is 0.200 e. The van der Waals surface area contributed by atoms with E-state index in [-0.39, 0.29) is 5.43 Å². The second-order valence-electron chi connectivity index (χ2n) is 6.79. The molecule has 26 heavy (non-hydrogen) atoms. The van der Waals surface area contributed by atoms with Crippen molar-refractivity contribution >= 4 is 11.0 Å². The van der Waals surface area contributed by atoms with Crippen molar-refractivity contribution in [3.63, 3.8) is 0 Å². The standard InChI is InChI=1S/C22H23NO3/c24-22-19-10-9-18(25-13-11-17-8-4-5-12-23-17)14-21(19)26-15-20(22)16-6-2-1-3-7-16/h1-3,6-7,9-10,14-15,17,23H,4-5,8,11-13H2. The van der Waals surface area contributed by atoms with E-state index in [0.29, 0.717) is 29.2 Å². The van der Waals surface area contributed by atoms with Gasteiger partial charge in [-0.3, -0.25) is 4.79 Å². The van der Waals surface area contributed by atoms with Crippen molar-refractivity contribution < 1.29 is 9.15 Å². The van der Waals surface area contributed by atoms with E-state index in [1.54, 1.807) is 12.1 Å². The van der Waals surface area contributed by atoms with Crippen molar-refractivity contribution in [3.05, 3.63) is 65.0 Å². The van der Waals surface area contributed by atoms with Gasteiger partial charge in [-0.1, -0.05) is 36.8 Å². The van der Waals surface area contributed by atoms with Gasteiger partial charge < -0.3 is 14.5 Å². The van der Waals surface area contributed by atoms with E-state index in [1.807, 2.05) is 36.4 Å². The van der Waals surface area contributed by atoms with Crippen LogP contribution in [0.3, 0.4) is 0 Å². The Kier molecular flexibility index (Phi) is 5.02. The minimum absolute atomic E-state index is 0.0181. The molecule has 1 saturated heterocycles. The summed E-state index contributed by atoms with van der Waals surface area (Å²) in [6.45, 7) is 1.77. The first-order chi connectivity index (χ1) is 12.8. The molecule has 1 aliphatic rings. The van der Waals surface area contributed by atoms with Crippen LogP contribution in [0.25, 0.3) is 22.1 Å². The summed E-state index contributed by atoms with van der Waals surface area (Å²) in [5.74, 6) is 0.740. The summed E-state index contributed by atoms with van der Waals surface area (Å²) in [6.07, 6.45) is 6.32. The molecule has 1 N–H and O–H groups in total. The summed E-state index contributed by atoms with van der Waals surface area (Å²) in [6, 6.07) is 15.6. The Morgan fingerprint density at radius 3 is 2.81 bits per heavy atom. The molecule has 3 aromatic rings. The lowest BCUT2D eigenvalue weighted by Crippen LogP contribution is -2.35. The first-order valence-electron chi connectivity index (χ1n) is 9.28. The molecule has 1 aliphatic heterocycles. The molecule has 4 heteroatoms. The monoisotopic (exact) mass is 349 g/mol. The van der Waals surface area contributed by atoms with Gasteiger partial charge in [0.25, 0.3) is 0 Å². The summed E-state index contributed by atoms with van der Waals surface area (Å²) in [7, 11) is 0. The molecule has 1 atom stereocenters. The first-order valence-corrected chi connectivity index (χ1v) is 9.28. The second kappa shape index (κ2) is 7.75. The third kappa shape index (κ3) is 3.65. The molecule has 1 fully saturated rings. The molecule has 0 aliphatic carbocycles. The summed E-state index contributed by atoms with van der Waals surface area (Å²) in [4.78, 5) is 12.8. The molecule has 2 heterocycles. The van der Waals surface area contributed by atoms with Gasteiger partial charge in [0.2, 0.25) is 0 Å². The summed E-state index contributed by atoms with van der Waals surface area (Å²) in [5.41, 5.74) is 1.98. The van der Waals surface area contributed by atoms with Crippen molar-refractivity contribution in [2.45, 2.75) is 31.7 Å². The lowest BCUT2D eigenvalue weighted by atomic mass is 10.0. The highest BCUT2D eigenvalue weighted by molar-refractivity contribution is 5.82. The first kappa shape index (κ1) is 16.9. The van der Waals surface area contributed by atoms with Crippen LogP contribution in [0.5, 0.6) is 5.75 Å². The SMILES string of the molecule is O=c1c(-c2ccccc2)coc2cc(OCCC3CCCCN3)ccc12. The molecule has 0 saturated carbocycles. The zero-order valence-electron chi connectivity index (χ0n) is 14.7. The number of hydrogen-bond acceptors (Lipinski definition) is 4. The van der Waals surface area contributed by atoms with E-state index in [2.05, 4.69) is 5.32 Å². The Morgan fingerprint density at radius 2 is 2.00 bits per heavy atom. The summed E-state index contributed by atoms with van der Waals surface area (Å²) in [5, 5.41) is 4.10. The predicted molar refractivity (Wildman–Crippen MR) is 104 cm³/mol. The molecule has 0 amide bonds. The normalized spacial score (nSPS) is 17.3. The maximum atomic E-state index is 12.8. The summed E-state index contributed by atoms with van der Waals surface area (Å²) < 4.78 is 11.6. The summed E-state index contributed by atoms with van der Waals surface area (Å²) >= 11 is 0. The van der Waals surface area contributed by atoms with Crippen LogP contribution in [0.1, 0.15) is 25.7 Å². The minimum atomic E-state index is -0.0181. The lowest BCUT2D eigenvalue weighted by molar-refractivity contribution is 0.268. The average molecular weight is 349 g/mol.